The van der Waals surface area contributed by atoms with E-state index in [9.17, 15) is 0 Å². The van der Waals surface area contributed by atoms with Crippen molar-refractivity contribution in [2.24, 2.45) is 7.05 Å². The van der Waals surface area contributed by atoms with Gasteiger partial charge >= 0.3 is 0 Å². The van der Waals surface area contributed by atoms with E-state index in [4.69, 9.17) is 4.74 Å². The Bertz CT molecular complexity index is 500. The van der Waals surface area contributed by atoms with Crippen molar-refractivity contribution in [2.75, 3.05) is 7.11 Å². The molecule has 0 bridgehead atoms. The van der Waals surface area contributed by atoms with E-state index < -0.39 is 0 Å². The van der Waals surface area contributed by atoms with Crippen molar-refractivity contribution in [2.45, 2.75) is 20.3 Å². The first-order valence-electron chi connectivity index (χ1n) is 5.17. The smallest absolute Gasteiger partial charge is 0.133 e. The predicted octanol–water partition coefficient (Wildman–Crippen LogP) is 2.45. The third kappa shape index (κ3) is 1.48. The number of ether oxygens (including phenoxy) is 1. The lowest BCUT2D eigenvalue weighted by molar-refractivity contribution is 0.415. The fourth-order valence-electron chi connectivity index (χ4n) is 2.02. The summed E-state index contributed by atoms with van der Waals surface area (Å²) in [6.07, 6.45) is 3.00. The molecule has 1 heterocycles. The monoisotopic (exact) mass is 204 g/mol. The molecule has 3 heteroatoms. The van der Waals surface area contributed by atoms with Crippen LogP contribution in [0.1, 0.15) is 18.1 Å². The minimum atomic E-state index is 0.964. The predicted molar refractivity (Wildman–Crippen MR) is 61.4 cm³/mol. The van der Waals surface area contributed by atoms with Crippen LogP contribution >= 0.6 is 0 Å². The van der Waals surface area contributed by atoms with Gasteiger partial charge in [0.25, 0.3) is 0 Å². The van der Waals surface area contributed by atoms with Gasteiger partial charge < -0.3 is 4.74 Å². The normalized spacial score (nSPS) is 10.9. The Morgan fingerprint density at radius 2 is 2.20 bits per heavy atom. The number of aromatic nitrogens is 2. The van der Waals surface area contributed by atoms with Gasteiger partial charge in [-0.15, -0.1) is 0 Å². The molecule has 2 rings (SSSR count). The molecule has 1 aromatic carbocycles. The number of aryl methyl sites for hydroxylation is 3. The van der Waals surface area contributed by atoms with Gasteiger partial charge in [-0.25, -0.2) is 0 Å². The Hall–Kier alpha value is -1.51. The largest absolute Gasteiger partial charge is 0.496 e. The Kier molecular flexibility index (Phi) is 2.39. The summed E-state index contributed by atoms with van der Waals surface area (Å²) in [4.78, 5) is 0. The number of hydrogen-bond donors (Lipinski definition) is 0. The fourth-order valence-corrected chi connectivity index (χ4v) is 2.02. The van der Waals surface area contributed by atoms with Crippen LogP contribution in [0.15, 0.2) is 12.3 Å². The molecule has 0 spiro atoms. The van der Waals surface area contributed by atoms with Gasteiger partial charge in [-0.05, 0) is 24.5 Å². The van der Waals surface area contributed by atoms with Crippen LogP contribution in [0.4, 0.5) is 0 Å². The average molecular weight is 204 g/mol. The van der Waals surface area contributed by atoms with Crippen molar-refractivity contribution in [1.82, 2.24) is 9.78 Å². The topological polar surface area (TPSA) is 27.1 Å². The number of nitrogens with zero attached hydrogens (tertiary/aromatic N) is 2. The van der Waals surface area contributed by atoms with Gasteiger partial charge in [-0.2, -0.15) is 5.10 Å². The molecule has 15 heavy (non-hydrogen) atoms. The minimum Gasteiger partial charge on any atom is -0.496 e. The second kappa shape index (κ2) is 3.57. The minimum absolute atomic E-state index is 0.964. The molecule has 0 aliphatic heterocycles. The van der Waals surface area contributed by atoms with Crippen molar-refractivity contribution in [3.63, 3.8) is 0 Å². The molecule has 0 aliphatic carbocycles. The van der Waals surface area contributed by atoms with Gasteiger partial charge in [-0.3, -0.25) is 4.68 Å². The van der Waals surface area contributed by atoms with Gasteiger partial charge in [-0.1, -0.05) is 13.0 Å². The molecule has 0 aliphatic rings. The molecule has 0 N–H and O–H groups in total. The highest BCUT2D eigenvalue weighted by Gasteiger charge is 2.12. The third-order valence-corrected chi connectivity index (χ3v) is 2.71. The Labute approximate surface area is 89.7 Å². The van der Waals surface area contributed by atoms with Crippen molar-refractivity contribution < 1.29 is 4.74 Å². The Morgan fingerprint density at radius 1 is 1.47 bits per heavy atom. The zero-order valence-electron chi connectivity index (χ0n) is 9.66. The number of fused-ring (bicyclic) bond motifs is 1. The first kappa shape index (κ1) is 10.0. The summed E-state index contributed by atoms with van der Waals surface area (Å²) in [6.45, 7) is 4.23. The summed E-state index contributed by atoms with van der Waals surface area (Å²) in [5.74, 6) is 0.964. The maximum Gasteiger partial charge on any atom is 0.133 e. The second-order valence-electron chi connectivity index (χ2n) is 3.80. The zero-order valence-corrected chi connectivity index (χ0v) is 9.66. The van der Waals surface area contributed by atoms with E-state index in [1.54, 1.807) is 7.11 Å². The van der Waals surface area contributed by atoms with Gasteiger partial charge in [0.2, 0.25) is 0 Å². The Morgan fingerprint density at radius 3 is 2.80 bits per heavy atom. The van der Waals surface area contributed by atoms with E-state index in [0.717, 1.165) is 23.1 Å². The van der Waals surface area contributed by atoms with Gasteiger partial charge in [0.05, 0.1) is 18.0 Å². The number of benzene rings is 1. The van der Waals surface area contributed by atoms with E-state index in [2.05, 4.69) is 25.0 Å². The van der Waals surface area contributed by atoms with Crippen LogP contribution in [-0.4, -0.2) is 16.9 Å². The van der Waals surface area contributed by atoms with Crippen LogP contribution in [-0.2, 0) is 13.5 Å². The van der Waals surface area contributed by atoms with Crippen molar-refractivity contribution in [3.8, 4) is 5.75 Å². The molecule has 2 aromatic rings. The van der Waals surface area contributed by atoms with E-state index in [1.165, 1.54) is 11.1 Å². The third-order valence-electron chi connectivity index (χ3n) is 2.71. The van der Waals surface area contributed by atoms with Crippen LogP contribution < -0.4 is 4.74 Å². The maximum absolute atomic E-state index is 5.46. The standard InChI is InChI=1S/C12H16N2O/c1-5-9-6-8(2)11-10(12(9)15-4)7-14(3)13-11/h6-7H,5H2,1-4H3. The lowest BCUT2D eigenvalue weighted by Crippen LogP contribution is -1.92. The van der Waals surface area contributed by atoms with Crippen LogP contribution in [0.5, 0.6) is 5.75 Å². The summed E-state index contributed by atoms with van der Waals surface area (Å²) in [6, 6.07) is 2.16. The van der Waals surface area contributed by atoms with Gasteiger partial charge in [0.1, 0.15) is 5.75 Å². The lowest BCUT2D eigenvalue weighted by atomic mass is 10.0. The molecule has 0 unspecified atom stereocenters. The van der Waals surface area contributed by atoms with Crippen LogP contribution in [0, 0.1) is 6.92 Å². The van der Waals surface area contributed by atoms with E-state index in [1.807, 2.05) is 17.9 Å². The average Bonchev–Trinajstić information content (AvgIpc) is 2.60. The summed E-state index contributed by atoms with van der Waals surface area (Å²) in [5.41, 5.74) is 3.49. The summed E-state index contributed by atoms with van der Waals surface area (Å²) >= 11 is 0. The second-order valence-corrected chi connectivity index (χ2v) is 3.80. The number of hydrogen-bond acceptors (Lipinski definition) is 2. The molecule has 0 radical (unpaired) electrons. The molecule has 1 aromatic heterocycles. The number of methoxy groups -OCH3 is 1. The quantitative estimate of drug-likeness (QED) is 0.751. The molecule has 3 nitrogen and oxygen atoms in total. The zero-order chi connectivity index (χ0) is 11.0. The van der Waals surface area contributed by atoms with Crippen molar-refractivity contribution in [3.05, 3.63) is 23.4 Å². The van der Waals surface area contributed by atoms with Crippen LogP contribution in [0.25, 0.3) is 10.9 Å². The first-order chi connectivity index (χ1) is 7.17. The number of rotatable bonds is 2. The SMILES string of the molecule is CCc1cc(C)c2nn(C)cc2c1OC. The first-order valence-corrected chi connectivity index (χ1v) is 5.17. The summed E-state index contributed by atoms with van der Waals surface area (Å²) in [7, 11) is 3.65. The molecule has 0 atom stereocenters. The molecule has 80 valence electrons. The highest BCUT2D eigenvalue weighted by Crippen LogP contribution is 2.31. The molecule has 0 saturated heterocycles. The van der Waals surface area contributed by atoms with Crippen LogP contribution in [0.2, 0.25) is 0 Å². The van der Waals surface area contributed by atoms with E-state index in [0.29, 0.717) is 0 Å². The van der Waals surface area contributed by atoms with Gasteiger partial charge in [0.15, 0.2) is 0 Å². The lowest BCUT2D eigenvalue weighted by Gasteiger charge is -2.08. The molecular formula is C12H16N2O. The highest BCUT2D eigenvalue weighted by molar-refractivity contribution is 5.88. The molecule has 0 amide bonds. The summed E-state index contributed by atoms with van der Waals surface area (Å²) in [5, 5.41) is 5.54. The van der Waals surface area contributed by atoms with E-state index in [-0.39, 0.29) is 0 Å². The molecular weight excluding hydrogens is 188 g/mol. The maximum atomic E-state index is 5.46. The molecule has 0 fully saturated rings. The molecule has 0 saturated carbocycles. The van der Waals surface area contributed by atoms with Crippen molar-refractivity contribution >= 4 is 10.9 Å². The fraction of sp³-hybridized carbons (Fsp3) is 0.417. The van der Waals surface area contributed by atoms with Crippen molar-refractivity contribution in [1.29, 1.82) is 0 Å². The van der Waals surface area contributed by atoms with Crippen LogP contribution in [0.3, 0.4) is 0 Å². The van der Waals surface area contributed by atoms with Gasteiger partial charge in [0, 0.05) is 13.2 Å². The highest BCUT2D eigenvalue weighted by atomic mass is 16.5. The van der Waals surface area contributed by atoms with E-state index >= 15 is 0 Å². The summed E-state index contributed by atoms with van der Waals surface area (Å²) < 4.78 is 7.30. The Balaban J connectivity index is 2.84.